The second-order valence-electron chi connectivity index (χ2n) is 5.97. The number of hydrogen-bond acceptors (Lipinski definition) is 8. The lowest BCUT2D eigenvalue weighted by Gasteiger charge is -2.26. The third-order valence-electron chi connectivity index (χ3n) is 4.01. The van der Waals surface area contributed by atoms with E-state index in [9.17, 15) is 13.2 Å². The van der Waals surface area contributed by atoms with Crippen LogP contribution in [0.15, 0.2) is 29.9 Å². The van der Waals surface area contributed by atoms with E-state index < -0.39 is 11.9 Å². The first kappa shape index (κ1) is 17.6. The van der Waals surface area contributed by atoms with E-state index in [2.05, 4.69) is 35.6 Å². The second kappa shape index (κ2) is 7.06. The van der Waals surface area contributed by atoms with Gasteiger partial charge in [-0.2, -0.15) is 28.1 Å². The highest BCUT2D eigenvalue weighted by Gasteiger charge is 2.32. The number of alkyl halides is 3. The molecule has 3 heterocycles. The van der Waals surface area contributed by atoms with E-state index in [1.54, 1.807) is 11.7 Å². The highest BCUT2D eigenvalue weighted by molar-refractivity contribution is 7.13. The fourth-order valence-corrected chi connectivity index (χ4v) is 2.96. The maximum Gasteiger partial charge on any atom is 0.433 e. The van der Waals surface area contributed by atoms with E-state index in [1.165, 1.54) is 23.5 Å². The first-order valence-electron chi connectivity index (χ1n) is 8.20. The molecule has 1 saturated carbocycles. The number of pyridine rings is 1. The normalized spacial score (nSPS) is 14.6. The van der Waals surface area contributed by atoms with Crippen LogP contribution in [-0.4, -0.2) is 31.0 Å². The van der Waals surface area contributed by atoms with Crippen molar-refractivity contribution >= 4 is 28.2 Å². The van der Waals surface area contributed by atoms with Crippen LogP contribution in [0.2, 0.25) is 0 Å². The highest BCUT2D eigenvalue weighted by atomic mass is 32.1. The molecule has 140 valence electrons. The first-order valence-corrected chi connectivity index (χ1v) is 9.08. The molecule has 4 rings (SSSR count). The topological polar surface area (TPSA) is 88.5 Å². The van der Waals surface area contributed by atoms with Crippen LogP contribution < -0.4 is 10.6 Å². The Kier molecular flexibility index (Phi) is 4.60. The molecule has 0 radical (unpaired) electrons. The fourth-order valence-electron chi connectivity index (χ4n) is 2.45. The largest absolute Gasteiger partial charge is 0.433 e. The predicted molar refractivity (Wildman–Crippen MR) is 94.7 cm³/mol. The minimum atomic E-state index is -4.54. The minimum absolute atomic E-state index is 0.0243. The molecule has 0 aliphatic heterocycles. The Hall–Kier alpha value is -2.82. The number of aromatic nitrogens is 5. The van der Waals surface area contributed by atoms with Gasteiger partial charge in [0.15, 0.2) is 5.82 Å². The van der Waals surface area contributed by atoms with Gasteiger partial charge in [0.25, 0.3) is 0 Å². The number of hydrogen-bond donors (Lipinski definition) is 2. The van der Waals surface area contributed by atoms with Crippen LogP contribution in [0.1, 0.15) is 25.0 Å². The Bertz CT molecular complexity index is 926. The van der Waals surface area contributed by atoms with Crippen LogP contribution in [0.5, 0.6) is 0 Å². The van der Waals surface area contributed by atoms with E-state index in [0.29, 0.717) is 10.9 Å². The third-order valence-corrected chi connectivity index (χ3v) is 4.70. The number of rotatable bonds is 5. The molecule has 0 amide bonds. The van der Waals surface area contributed by atoms with Crippen molar-refractivity contribution in [2.24, 2.45) is 0 Å². The molecule has 1 aliphatic rings. The van der Waals surface area contributed by atoms with Gasteiger partial charge in [0.2, 0.25) is 11.9 Å². The fraction of sp³-hybridized carbons (Fsp3) is 0.312. The van der Waals surface area contributed by atoms with E-state index in [0.717, 1.165) is 25.3 Å². The molecule has 2 N–H and O–H groups in total. The van der Waals surface area contributed by atoms with Gasteiger partial charge in [-0.25, -0.2) is 4.98 Å². The summed E-state index contributed by atoms with van der Waals surface area (Å²) in [5.74, 6) is 0.575. The minimum Gasteiger partial charge on any atom is -0.351 e. The van der Waals surface area contributed by atoms with Crippen LogP contribution >= 0.6 is 11.3 Å². The molecular weight excluding hydrogens is 379 g/mol. The highest BCUT2D eigenvalue weighted by Crippen LogP contribution is 2.29. The molecule has 27 heavy (non-hydrogen) atoms. The smallest absolute Gasteiger partial charge is 0.351 e. The molecule has 1 aliphatic carbocycles. The quantitative estimate of drug-likeness (QED) is 0.674. The molecule has 0 aromatic carbocycles. The van der Waals surface area contributed by atoms with Crippen molar-refractivity contribution in [3.8, 4) is 11.5 Å². The summed E-state index contributed by atoms with van der Waals surface area (Å²) in [6, 6.07) is 3.89. The van der Waals surface area contributed by atoms with Gasteiger partial charge in [0, 0.05) is 6.04 Å². The molecule has 3 aromatic rings. The number of nitrogens with one attached hydrogen (secondary N) is 2. The van der Waals surface area contributed by atoms with Gasteiger partial charge in [-0.1, -0.05) is 6.07 Å². The van der Waals surface area contributed by atoms with Gasteiger partial charge in [0.1, 0.15) is 16.4 Å². The van der Waals surface area contributed by atoms with Crippen LogP contribution in [0, 0.1) is 0 Å². The molecule has 0 atom stereocenters. The SMILES string of the molecule is FC(F)(F)c1cccc(-c2nc(Nc3cncs3)nc(NC3CCC3)n2)n1. The van der Waals surface area contributed by atoms with Crippen molar-refractivity contribution in [3.05, 3.63) is 35.6 Å². The second-order valence-corrected chi connectivity index (χ2v) is 6.86. The van der Waals surface area contributed by atoms with Crippen molar-refractivity contribution in [2.75, 3.05) is 10.6 Å². The Labute approximate surface area is 156 Å². The summed E-state index contributed by atoms with van der Waals surface area (Å²) in [6.07, 6.45) is 0.188. The van der Waals surface area contributed by atoms with Crippen LogP contribution in [0.25, 0.3) is 11.5 Å². The molecule has 0 bridgehead atoms. The molecule has 11 heteroatoms. The van der Waals surface area contributed by atoms with Crippen LogP contribution in [0.4, 0.5) is 30.1 Å². The number of halogens is 3. The molecule has 3 aromatic heterocycles. The summed E-state index contributed by atoms with van der Waals surface area (Å²) < 4.78 is 38.9. The van der Waals surface area contributed by atoms with Gasteiger partial charge >= 0.3 is 6.18 Å². The van der Waals surface area contributed by atoms with Crippen molar-refractivity contribution in [1.29, 1.82) is 0 Å². The van der Waals surface area contributed by atoms with Gasteiger partial charge in [-0.05, 0) is 31.4 Å². The van der Waals surface area contributed by atoms with Crippen LogP contribution in [-0.2, 0) is 6.18 Å². The van der Waals surface area contributed by atoms with Gasteiger partial charge < -0.3 is 10.6 Å². The lowest BCUT2D eigenvalue weighted by atomic mass is 9.93. The predicted octanol–water partition coefficient (Wildman–Crippen LogP) is 4.12. The summed E-state index contributed by atoms with van der Waals surface area (Å²) in [7, 11) is 0. The standard InChI is InChI=1S/C16H14F3N7S/c17-16(18,19)11-6-2-5-10(22-11)13-24-14(21-9-3-1-4-9)26-15(25-13)23-12-7-20-8-27-12/h2,5-9H,1,3-4H2,(H2,21,23,24,25,26). The maximum absolute atomic E-state index is 13.0. The van der Waals surface area contributed by atoms with Crippen molar-refractivity contribution in [3.63, 3.8) is 0 Å². The first-order chi connectivity index (χ1) is 13.0. The Morgan fingerprint density at radius 2 is 1.85 bits per heavy atom. The van der Waals surface area contributed by atoms with E-state index >= 15 is 0 Å². The molecular formula is C16H14F3N7S. The number of nitrogens with zero attached hydrogens (tertiary/aromatic N) is 5. The number of thiazole rings is 1. The van der Waals surface area contributed by atoms with E-state index in [-0.39, 0.29) is 23.5 Å². The summed E-state index contributed by atoms with van der Waals surface area (Å²) in [6.45, 7) is 0. The Morgan fingerprint density at radius 3 is 2.52 bits per heavy atom. The Balaban J connectivity index is 1.70. The zero-order chi connectivity index (χ0) is 18.9. The zero-order valence-electron chi connectivity index (χ0n) is 13.9. The maximum atomic E-state index is 13.0. The molecule has 1 fully saturated rings. The zero-order valence-corrected chi connectivity index (χ0v) is 14.7. The van der Waals surface area contributed by atoms with Gasteiger partial charge in [-0.3, -0.25) is 4.98 Å². The van der Waals surface area contributed by atoms with Crippen molar-refractivity contribution in [2.45, 2.75) is 31.5 Å². The molecule has 0 saturated heterocycles. The summed E-state index contributed by atoms with van der Waals surface area (Å²) in [5.41, 5.74) is 0.675. The average molecular weight is 393 g/mol. The number of anilines is 3. The monoisotopic (exact) mass is 393 g/mol. The molecule has 0 unspecified atom stereocenters. The molecule has 7 nitrogen and oxygen atoms in total. The van der Waals surface area contributed by atoms with E-state index in [4.69, 9.17) is 0 Å². The van der Waals surface area contributed by atoms with Gasteiger partial charge in [-0.15, -0.1) is 11.3 Å². The third kappa shape index (κ3) is 4.13. The van der Waals surface area contributed by atoms with E-state index in [1.807, 2.05) is 0 Å². The summed E-state index contributed by atoms with van der Waals surface area (Å²) >= 11 is 1.35. The molecule has 0 spiro atoms. The van der Waals surface area contributed by atoms with Gasteiger partial charge in [0.05, 0.1) is 11.7 Å². The van der Waals surface area contributed by atoms with Crippen LogP contribution in [0.3, 0.4) is 0 Å². The van der Waals surface area contributed by atoms with Crippen molar-refractivity contribution < 1.29 is 13.2 Å². The van der Waals surface area contributed by atoms with Crippen molar-refractivity contribution in [1.82, 2.24) is 24.9 Å². The lowest BCUT2D eigenvalue weighted by Crippen LogP contribution is -2.28. The Morgan fingerprint density at radius 1 is 1.04 bits per heavy atom. The average Bonchev–Trinajstić information content (AvgIpc) is 3.10. The summed E-state index contributed by atoms with van der Waals surface area (Å²) in [5, 5.41) is 6.89. The summed E-state index contributed by atoms with van der Waals surface area (Å²) in [4.78, 5) is 20.4. The lowest BCUT2D eigenvalue weighted by molar-refractivity contribution is -0.141.